The van der Waals surface area contributed by atoms with Crippen LogP contribution in [0.3, 0.4) is 0 Å². The molecule has 0 aromatic heterocycles. The standard InChI is InChI=1S/C11H7F3O/c12-11(13,14)10(5-6-10)9-3-1-8(7-15)2-4-9/h1-7H. The molecule has 1 aliphatic rings. The van der Waals surface area contributed by atoms with Gasteiger partial charge in [-0.15, -0.1) is 0 Å². The van der Waals surface area contributed by atoms with Gasteiger partial charge < -0.3 is 0 Å². The molecule has 1 aliphatic carbocycles. The monoisotopic (exact) mass is 212 g/mol. The molecule has 0 heterocycles. The molecule has 1 aromatic carbocycles. The van der Waals surface area contributed by atoms with E-state index in [9.17, 15) is 18.0 Å². The maximum absolute atomic E-state index is 12.6. The first-order valence-electron chi connectivity index (χ1n) is 4.32. The van der Waals surface area contributed by atoms with Crippen LogP contribution in [0.1, 0.15) is 15.9 Å². The molecule has 0 atom stereocenters. The van der Waals surface area contributed by atoms with Crippen molar-refractivity contribution >= 4 is 6.29 Å². The van der Waals surface area contributed by atoms with Crippen molar-refractivity contribution < 1.29 is 18.0 Å². The van der Waals surface area contributed by atoms with E-state index in [4.69, 9.17) is 0 Å². The van der Waals surface area contributed by atoms with Crippen molar-refractivity contribution in [1.29, 1.82) is 0 Å². The predicted molar refractivity (Wildman–Crippen MR) is 48.7 cm³/mol. The van der Waals surface area contributed by atoms with Crippen LogP contribution in [0.2, 0.25) is 0 Å². The highest BCUT2D eigenvalue weighted by atomic mass is 19.4. The number of alkyl halides is 3. The molecule has 4 heteroatoms. The highest BCUT2D eigenvalue weighted by molar-refractivity contribution is 5.75. The summed E-state index contributed by atoms with van der Waals surface area (Å²) in [5, 5.41) is 0. The third-order valence-corrected chi connectivity index (χ3v) is 2.49. The number of hydrogen-bond donors (Lipinski definition) is 0. The van der Waals surface area contributed by atoms with Gasteiger partial charge in [-0.1, -0.05) is 36.4 Å². The second-order valence-electron chi connectivity index (χ2n) is 3.44. The van der Waals surface area contributed by atoms with Crippen LogP contribution in [-0.4, -0.2) is 12.5 Å². The molecule has 0 aliphatic heterocycles. The van der Waals surface area contributed by atoms with Crippen LogP contribution in [0.5, 0.6) is 0 Å². The van der Waals surface area contributed by atoms with Crippen LogP contribution in [0.25, 0.3) is 0 Å². The van der Waals surface area contributed by atoms with E-state index in [1.165, 1.54) is 24.3 Å². The van der Waals surface area contributed by atoms with Gasteiger partial charge >= 0.3 is 6.18 Å². The molecule has 0 radical (unpaired) electrons. The Balaban J connectivity index is 2.35. The van der Waals surface area contributed by atoms with Gasteiger partial charge in [0.1, 0.15) is 11.7 Å². The molecule has 0 bridgehead atoms. The minimum Gasteiger partial charge on any atom is -0.298 e. The average Bonchev–Trinajstić information content (AvgIpc) is 2.98. The molecule has 2 rings (SSSR count). The number of hydrogen-bond acceptors (Lipinski definition) is 1. The summed E-state index contributed by atoms with van der Waals surface area (Å²) >= 11 is 0. The van der Waals surface area contributed by atoms with Crippen molar-refractivity contribution in [3.05, 3.63) is 47.5 Å². The number of carbonyl (C=O) groups is 1. The van der Waals surface area contributed by atoms with Crippen LogP contribution in [0.4, 0.5) is 13.2 Å². The summed E-state index contributed by atoms with van der Waals surface area (Å²) in [4.78, 5) is 10.3. The van der Waals surface area contributed by atoms with Crippen molar-refractivity contribution in [1.82, 2.24) is 0 Å². The van der Waals surface area contributed by atoms with Gasteiger partial charge in [0.2, 0.25) is 0 Å². The summed E-state index contributed by atoms with van der Waals surface area (Å²) in [6, 6.07) is 5.43. The van der Waals surface area contributed by atoms with E-state index in [-0.39, 0.29) is 5.56 Å². The molecule has 15 heavy (non-hydrogen) atoms. The molecule has 0 amide bonds. The minimum absolute atomic E-state index is 0.153. The summed E-state index contributed by atoms with van der Waals surface area (Å²) in [6.45, 7) is 0. The number of halogens is 3. The second-order valence-corrected chi connectivity index (χ2v) is 3.44. The lowest BCUT2D eigenvalue weighted by Gasteiger charge is -2.20. The number of aldehydes is 1. The van der Waals surface area contributed by atoms with Crippen LogP contribution in [0.15, 0.2) is 36.4 Å². The molecule has 1 aromatic rings. The predicted octanol–water partition coefficient (Wildman–Crippen LogP) is 2.87. The van der Waals surface area contributed by atoms with Gasteiger partial charge in [-0.2, -0.15) is 13.2 Å². The van der Waals surface area contributed by atoms with Crippen LogP contribution in [0, 0.1) is 0 Å². The SMILES string of the molecule is O=Cc1ccc(C2(C(F)(F)F)C=C2)cc1. The molecule has 0 saturated carbocycles. The molecule has 0 unspecified atom stereocenters. The zero-order chi connectivity index (χ0) is 11.1. The van der Waals surface area contributed by atoms with Gasteiger partial charge in [0.05, 0.1) is 0 Å². The molecule has 0 N–H and O–H groups in total. The molecule has 0 saturated heterocycles. The largest absolute Gasteiger partial charge is 0.405 e. The Morgan fingerprint density at radius 3 is 1.93 bits per heavy atom. The fraction of sp³-hybridized carbons (Fsp3) is 0.182. The molecule has 78 valence electrons. The Morgan fingerprint density at radius 2 is 1.60 bits per heavy atom. The zero-order valence-electron chi connectivity index (χ0n) is 7.58. The van der Waals surface area contributed by atoms with Crippen molar-refractivity contribution in [2.45, 2.75) is 11.6 Å². The summed E-state index contributed by atoms with van der Waals surface area (Å²) in [6.07, 6.45) is -1.47. The quantitative estimate of drug-likeness (QED) is 0.544. The summed E-state index contributed by atoms with van der Waals surface area (Å²) < 4.78 is 37.9. The maximum atomic E-state index is 12.6. The average molecular weight is 212 g/mol. The lowest BCUT2D eigenvalue weighted by molar-refractivity contribution is -0.153. The van der Waals surface area contributed by atoms with E-state index in [0.717, 1.165) is 12.2 Å². The van der Waals surface area contributed by atoms with Gasteiger partial charge in [0.15, 0.2) is 0 Å². The molecular formula is C11H7F3O. The summed E-state index contributed by atoms with van der Waals surface area (Å²) in [5.74, 6) is 0. The Bertz CT molecular complexity index is 408. The first-order valence-corrected chi connectivity index (χ1v) is 4.32. The number of allylic oxidation sites excluding steroid dienone is 2. The van der Waals surface area contributed by atoms with Gasteiger partial charge in [-0.05, 0) is 5.56 Å². The zero-order valence-corrected chi connectivity index (χ0v) is 7.58. The molecular weight excluding hydrogens is 205 g/mol. The number of rotatable bonds is 2. The lowest BCUT2D eigenvalue weighted by Crippen LogP contribution is -2.30. The fourth-order valence-electron chi connectivity index (χ4n) is 1.47. The number of benzene rings is 1. The van der Waals surface area contributed by atoms with Crippen LogP contribution in [-0.2, 0) is 5.41 Å². The molecule has 0 fully saturated rings. The molecule has 0 spiro atoms. The van der Waals surface area contributed by atoms with E-state index in [0.29, 0.717) is 11.8 Å². The van der Waals surface area contributed by atoms with Gasteiger partial charge in [0, 0.05) is 5.56 Å². The Morgan fingerprint density at radius 1 is 1.07 bits per heavy atom. The van der Waals surface area contributed by atoms with Gasteiger partial charge in [-0.3, -0.25) is 4.79 Å². The summed E-state index contributed by atoms with van der Waals surface area (Å²) in [5.41, 5.74) is -1.37. The third kappa shape index (κ3) is 1.46. The van der Waals surface area contributed by atoms with Crippen molar-refractivity contribution in [3.8, 4) is 0 Å². The van der Waals surface area contributed by atoms with E-state index < -0.39 is 11.6 Å². The Labute approximate surface area is 84.2 Å². The third-order valence-electron chi connectivity index (χ3n) is 2.49. The van der Waals surface area contributed by atoms with E-state index in [2.05, 4.69) is 0 Å². The smallest absolute Gasteiger partial charge is 0.298 e. The second kappa shape index (κ2) is 2.95. The lowest BCUT2D eigenvalue weighted by atomic mass is 9.92. The van der Waals surface area contributed by atoms with E-state index >= 15 is 0 Å². The highest BCUT2D eigenvalue weighted by Gasteiger charge is 2.58. The number of carbonyl (C=O) groups excluding carboxylic acids is 1. The Kier molecular flexibility index (Phi) is 1.96. The van der Waals surface area contributed by atoms with Gasteiger partial charge in [-0.25, -0.2) is 0 Å². The first kappa shape index (κ1) is 9.96. The van der Waals surface area contributed by atoms with E-state index in [1.807, 2.05) is 0 Å². The maximum Gasteiger partial charge on any atom is 0.405 e. The molecule has 1 nitrogen and oxygen atoms in total. The minimum atomic E-state index is -4.30. The van der Waals surface area contributed by atoms with Crippen molar-refractivity contribution in [3.63, 3.8) is 0 Å². The Hall–Kier alpha value is -1.58. The van der Waals surface area contributed by atoms with Gasteiger partial charge in [0.25, 0.3) is 0 Å². The first-order chi connectivity index (χ1) is 6.99. The van der Waals surface area contributed by atoms with Crippen LogP contribution >= 0.6 is 0 Å². The fourth-order valence-corrected chi connectivity index (χ4v) is 1.47. The highest BCUT2D eigenvalue weighted by Crippen LogP contribution is 2.51. The summed E-state index contributed by atoms with van der Waals surface area (Å²) in [7, 11) is 0. The topological polar surface area (TPSA) is 17.1 Å². The van der Waals surface area contributed by atoms with Crippen LogP contribution < -0.4 is 0 Å². The normalized spacial score (nSPS) is 17.5. The van der Waals surface area contributed by atoms with Crippen molar-refractivity contribution in [2.24, 2.45) is 0 Å². The van der Waals surface area contributed by atoms with E-state index in [1.54, 1.807) is 0 Å². The van der Waals surface area contributed by atoms with Crippen molar-refractivity contribution in [2.75, 3.05) is 0 Å².